The van der Waals surface area contributed by atoms with Crippen LogP contribution in [0.1, 0.15) is 0 Å². The summed E-state index contributed by atoms with van der Waals surface area (Å²) in [6, 6.07) is 0. The Labute approximate surface area is 71.7 Å². The fourth-order valence-corrected chi connectivity index (χ4v) is 2.09. The summed E-state index contributed by atoms with van der Waals surface area (Å²) in [5, 5.41) is 0. The van der Waals surface area contributed by atoms with Gasteiger partial charge in [-0.1, -0.05) is 0 Å². The Balaban J connectivity index is 4.17. The predicted molar refractivity (Wildman–Crippen MR) is 36.6 cm³/mol. The molecule has 0 rings (SSSR count). The molecule has 0 saturated carbocycles. The van der Waals surface area contributed by atoms with Crippen molar-refractivity contribution in [1.29, 1.82) is 0 Å². The van der Waals surface area contributed by atoms with Crippen LogP contribution in [-0.2, 0) is 31.4 Å². The van der Waals surface area contributed by atoms with Gasteiger partial charge in [0.25, 0.3) is 0 Å². The van der Waals surface area contributed by atoms with E-state index in [9.17, 15) is 0 Å². The molecule has 0 saturated heterocycles. The standard InChI is InChI=1S/2C2H4O.2CH3O.Ti/c2*1-2-3;2*1-2;/h2*2-3H,1H2;2*1H3;/q;;2*-1;+4/p-2. The van der Waals surface area contributed by atoms with Gasteiger partial charge >= 0.3 is 71.3 Å². The second-order valence-corrected chi connectivity index (χ2v) is 5.05. The summed E-state index contributed by atoms with van der Waals surface area (Å²) in [5.74, 6) is 0. The molecule has 0 spiro atoms. The first-order chi connectivity index (χ1) is 5.24. The Kier molecular flexibility index (Phi) is 5.24. The minimum atomic E-state index is -3.48. The van der Waals surface area contributed by atoms with Crippen molar-refractivity contribution in [3.63, 3.8) is 0 Å². The van der Waals surface area contributed by atoms with Crippen molar-refractivity contribution < 1.29 is 31.4 Å². The van der Waals surface area contributed by atoms with E-state index in [0.717, 1.165) is 0 Å². The Morgan fingerprint density at radius 3 is 1.55 bits per heavy atom. The van der Waals surface area contributed by atoms with E-state index in [1.54, 1.807) is 0 Å². The van der Waals surface area contributed by atoms with Crippen LogP contribution in [0.25, 0.3) is 0 Å². The molecule has 4 nitrogen and oxygen atoms in total. The van der Waals surface area contributed by atoms with Crippen LogP contribution in [0.2, 0.25) is 0 Å². The van der Waals surface area contributed by atoms with E-state index in [1.807, 2.05) is 0 Å². The SMILES string of the molecule is C=C[O][Ti]([O]C)([O]C)[O]C=C. The van der Waals surface area contributed by atoms with Gasteiger partial charge in [0, 0.05) is 0 Å². The normalized spacial score (nSPS) is 10.4. The zero-order chi connectivity index (χ0) is 8.74. The summed E-state index contributed by atoms with van der Waals surface area (Å²) >= 11 is -3.48. The van der Waals surface area contributed by atoms with Gasteiger partial charge in [-0.05, 0) is 0 Å². The molecule has 0 aromatic heterocycles. The zero-order valence-corrected chi connectivity index (χ0v) is 8.26. The van der Waals surface area contributed by atoms with E-state index in [0.29, 0.717) is 0 Å². The summed E-state index contributed by atoms with van der Waals surface area (Å²) in [7, 11) is 2.91. The number of hydrogen-bond acceptors (Lipinski definition) is 4. The molecular weight excluding hydrogens is 184 g/mol. The van der Waals surface area contributed by atoms with Gasteiger partial charge in [0.05, 0.1) is 0 Å². The summed E-state index contributed by atoms with van der Waals surface area (Å²) < 4.78 is 19.9. The molecule has 0 heterocycles. The van der Waals surface area contributed by atoms with Crippen molar-refractivity contribution in [1.82, 2.24) is 0 Å². The molecule has 0 atom stereocenters. The van der Waals surface area contributed by atoms with E-state index in [-0.39, 0.29) is 0 Å². The van der Waals surface area contributed by atoms with E-state index in [2.05, 4.69) is 13.2 Å². The van der Waals surface area contributed by atoms with Crippen molar-refractivity contribution >= 4 is 0 Å². The Bertz CT molecular complexity index is 121. The second-order valence-electron chi connectivity index (χ2n) is 1.48. The topological polar surface area (TPSA) is 36.9 Å². The van der Waals surface area contributed by atoms with Crippen LogP contribution in [0.15, 0.2) is 25.7 Å². The summed E-state index contributed by atoms with van der Waals surface area (Å²) in [5.41, 5.74) is 0. The van der Waals surface area contributed by atoms with Crippen LogP contribution in [-0.4, -0.2) is 14.2 Å². The summed E-state index contributed by atoms with van der Waals surface area (Å²) in [6.07, 6.45) is 2.47. The average molecular weight is 196 g/mol. The summed E-state index contributed by atoms with van der Waals surface area (Å²) in [6.45, 7) is 6.75. The maximum absolute atomic E-state index is 4.98. The van der Waals surface area contributed by atoms with Gasteiger partial charge in [0.15, 0.2) is 0 Å². The number of rotatable bonds is 6. The van der Waals surface area contributed by atoms with Gasteiger partial charge in [-0.2, -0.15) is 0 Å². The number of hydrogen-bond donors (Lipinski definition) is 0. The third-order valence-electron chi connectivity index (χ3n) is 0.955. The van der Waals surface area contributed by atoms with Gasteiger partial charge < -0.3 is 0 Å². The molecular formula is C6H12O4Ti. The molecule has 0 N–H and O–H groups in total. The molecule has 0 amide bonds. The Morgan fingerprint density at radius 1 is 1.00 bits per heavy atom. The first-order valence-electron chi connectivity index (χ1n) is 2.92. The molecule has 0 aliphatic carbocycles. The van der Waals surface area contributed by atoms with Crippen LogP contribution >= 0.6 is 0 Å². The zero-order valence-electron chi connectivity index (χ0n) is 6.70. The van der Waals surface area contributed by atoms with Crippen LogP contribution in [0.3, 0.4) is 0 Å². The van der Waals surface area contributed by atoms with Crippen molar-refractivity contribution in [3.8, 4) is 0 Å². The van der Waals surface area contributed by atoms with Crippen molar-refractivity contribution in [2.24, 2.45) is 0 Å². The molecule has 11 heavy (non-hydrogen) atoms. The van der Waals surface area contributed by atoms with Crippen molar-refractivity contribution in [2.75, 3.05) is 14.2 Å². The molecule has 0 radical (unpaired) electrons. The molecule has 0 aromatic carbocycles. The predicted octanol–water partition coefficient (Wildman–Crippen LogP) is 1.41. The van der Waals surface area contributed by atoms with Gasteiger partial charge in [-0.25, -0.2) is 0 Å². The van der Waals surface area contributed by atoms with Crippen LogP contribution < -0.4 is 0 Å². The molecule has 0 aromatic rings. The fourth-order valence-electron chi connectivity index (χ4n) is 0.508. The minimum absolute atomic E-state index is 1.23. The van der Waals surface area contributed by atoms with E-state index < -0.39 is 18.1 Å². The van der Waals surface area contributed by atoms with Crippen LogP contribution in [0, 0.1) is 0 Å². The monoisotopic (exact) mass is 196 g/mol. The van der Waals surface area contributed by atoms with Crippen LogP contribution in [0.5, 0.6) is 0 Å². The Hall–Kier alpha value is -0.286. The van der Waals surface area contributed by atoms with Gasteiger partial charge in [-0.3, -0.25) is 0 Å². The van der Waals surface area contributed by atoms with Gasteiger partial charge in [0.2, 0.25) is 0 Å². The molecule has 0 unspecified atom stereocenters. The molecule has 0 fully saturated rings. The van der Waals surface area contributed by atoms with E-state index >= 15 is 0 Å². The second kappa shape index (κ2) is 5.38. The molecule has 0 bridgehead atoms. The van der Waals surface area contributed by atoms with Crippen molar-refractivity contribution in [3.05, 3.63) is 25.7 Å². The quantitative estimate of drug-likeness (QED) is 0.475. The van der Waals surface area contributed by atoms with Crippen LogP contribution in [0.4, 0.5) is 0 Å². The van der Waals surface area contributed by atoms with E-state index in [4.69, 9.17) is 13.3 Å². The van der Waals surface area contributed by atoms with E-state index in [1.165, 1.54) is 26.7 Å². The van der Waals surface area contributed by atoms with Gasteiger partial charge in [-0.15, -0.1) is 0 Å². The third-order valence-corrected chi connectivity index (χ3v) is 3.94. The Morgan fingerprint density at radius 2 is 1.36 bits per heavy atom. The first kappa shape index (κ1) is 10.7. The fraction of sp³-hybridized carbons (Fsp3) is 0.333. The molecule has 0 aliphatic rings. The molecule has 5 heteroatoms. The maximum atomic E-state index is 4.98. The first-order valence-corrected chi connectivity index (χ1v) is 5.47. The van der Waals surface area contributed by atoms with Crippen molar-refractivity contribution in [2.45, 2.75) is 0 Å². The van der Waals surface area contributed by atoms with Gasteiger partial charge in [0.1, 0.15) is 0 Å². The third kappa shape index (κ3) is 3.07. The molecule has 64 valence electrons. The average Bonchev–Trinajstić information content (AvgIpc) is 2.04. The summed E-state index contributed by atoms with van der Waals surface area (Å²) in [4.78, 5) is 0. The molecule has 0 aliphatic heterocycles.